The predicted molar refractivity (Wildman–Crippen MR) is 81.2 cm³/mol. The number of likely N-dealkylation sites (N-methyl/N-ethyl adjacent to an activating group) is 2. The van der Waals surface area contributed by atoms with Gasteiger partial charge in [-0.3, -0.25) is 4.79 Å². The van der Waals surface area contributed by atoms with Crippen molar-refractivity contribution < 1.29 is 4.79 Å². The third kappa shape index (κ3) is 3.28. The standard InChI is InChI=1S/C14H20BrN3O/c1-17-7-3-4-11(9-17)18(2)14(19)12-6-5-10(15)8-13(12)16/h5-6,8,11H,3-4,7,9,16H2,1-2H3. The number of hydrogen-bond acceptors (Lipinski definition) is 3. The van der Waals surface area contributed by atoms with E-state index in [2.05, 4.69) is 27.9 Å². The van der Waals surface area contributed by atoms with Gasteiger partial charge >= 0.3 is 0 Å². The molecule has 0 radical (unpaired) electrons. The topological polar surface area (TPSA) is 49.6 Å². The highest BCUT2D eigenvalue weighted by Gasteiger charge is 2.26. The molecule has 4 nitrogen and oxygen atoms in total. The molecule has 1 aliphatic rings. The van der Waals surface area contributed by atoms with E-state index in [0.717, 1.165) is 30.4 Å². The third-order valence-electron chi connectivity index (χ3n) is 3.71. The number of piperidine rings is 1. The fraction of sp³-hybridized carbons (Fsp3) is 0.500. The maximum atomic E-state index is 12.5. The summed E-state index contributed by atoms with van der Waals surface area (Å²) in [7, 11) is 3.96. The largest absolute Gasteiger partial charge is 0.398 e. The molecule has 1 aliphatic heterocycles. The van der Waals surface area contributed by atoms with E-state index in [1.54, 1.807) is 12.1 Å². The van der Waals surface area contributed by atoms with Crippen LogP contribution in [0.5, 0.6) is 0 Å². The highest BCUT2D eigenvalue weighted by molar-refractivity contribution is 9.10. The molecule has 1 aromatic rings. The number of hydrogen-bond donors (Lipinski definition) is 1. The molecule has 1 heterocycles. The van der Waals surface area contributed by atoms with Gasteiger partial charge in [-0.15, -0.1) is 0 Å². The first-order valence-electron chi connectivity index (χ1n) is 6.50. The predicted octanol–water partition coefficient (Wildman–Crippen LogP) is 2.20. The number of anilines is 1. The summed E-state index contributed by atoms with van der Waals surface area (Å²) in [5.41, 5.74) is 7.03. The second-order valence-electron chi connectivity index (χ2n) is 5.21. The lowest BCUT2D eigenvalue weighted by molar-refractivity contribution is 0.0645. The monoisotopic (exact) mass is 325 g/mol. The van der Waals surface area contributed by atoms with Crippen molar-refractivity contribution >= 4 is 27.5 Å². The summed E-state index contributed by atoms with van der Waals surface area (Å²) >= 11 is 3.36. The van der Waals surface area contributed by atoms with Gasteiger partial charge in [0.25, 0.3) is 5.91 Å². The molecule has 0 spiro atoms. The van der Waals surface area contributed by atoms with E-state index in [1.165, 1.54) is 0 Å². The molecule has 1 aromatic carbocycles. The lowest BCUT2D eigenvalue weighted by Crippen LogP contribution is -2.47. The van der Waals surface area contributed by atoms with Crippen molar-refractivity contribution in [2.45, 2.75) is 18.9 Å². The first-order valence-corrected chi connectivity index (χ1v) is 7.29. The van der Waals surface area contributed by atoms with E-state index in [-0.39, 0.29) is 11.9 Å². The molecule has 2 N–H and O–H groups in total. The van der Waals surface area contributed by atoms with Gasteiger partial charge in [-0.2, -0.15) is 0 Å². The lowest BCUT2D eigenvalue weighted by Gasteiger charge is -2.36. The van der Waals surface area contributed by atoms with Crippen LogP contribution in [0.3, 0.4) is 0 Å². The quantitative estimate of drug-likeness (QED) is 0.848. The number of nitrogens with zero attached hydrogens (tertiary/aromatic N) is 2. The van der Waals surface area contributed by atoms with Crippen LogP contribution < -0.4 is 5.73 Å². The Morgan fingerprint density at radius 1 is 1.53 bits per heavy atom. The Bertz CT molecular complexity index is 478. The second kappa shape index (κ2) is 5.92. The Balaban J connectivity index is 2.14. The zero-order valence-corrected chi connectivity index (χ0v) is 13.0. The van der Waals surface area contributed by atoms with Gasteiger partial charge < -0.3 is 15.5 Å². The van der Waals surface area contributed by atoms with Crippen LogP contribution in [0.15, 0.2) is 22.7 Å². The van der Waals surface area contributed by atoms with Crippen molar-refractivity contribution in [1.82, 2.24) is 9.80 Å². The van der Waals surface area contributed by atoms with Crippen molar-refractivity contribution in [3.63, 3.8) is 0 Å². The summed E-state index contributed by atoms with van der Waals surface area (Å²) < 4.78 is 0.890. The minimum absolute atomic E-state index is 0.00491. The number of carbonyl (C=O) groups is 1. The van der Waals surface area contributed by atoms with Crippen LogP contribution in [-0.2, 0) is 0 Å². The normalized spacial score (nSPS) is 20.3. The Kier molecular flexibility index (Phi) is 4.47. The van der Waals surface area contributed by atoms with Crippen LogP contribution >= 0.6 is 15.9 Å². The molecule has 1 saturated heterocycles. The van der Waals surface area contributed by atoms with Crippen LogP contribution in [0.4, 0.5) is 5.69 Å². The van der Waals surface area contributed by atoms with Gasteiger partial charge in [-0.05, 0) is 44.6 Å². The molecule has 0 aromatic heterocycles. The van der Waals surface area contributed by atoms with Gasteiger partial charge in [-0.1, -0.05) is 15.9 Å². The molecular weight excluding hydrogens is 306 g/mol. The van der Waals surface area contributed by atoms with Gasteiger partial charge in [0.1, 0.15) is 0 Å². The van der Waals surface area contributed by atoms with E-state index < -0.39 is 0 Å². The number of rotatable bonds is 2. The summed E-state index contributed by atoms with van der Waals surface area (Å²) in [5, 5.41) is 0. The van der Waals surface area contributed by atoms with Crippen LogP contribution in [0, 0.1) is 0 Å². The van der Waals surface area contributed by atoms with Crippen LogP contribution in [0.2, 0.25) is 0 Å². The number of amides is 1. The molecule has 104 valence electrons. The maximum absolute atomic E-state index is 12.5. The Labute approximate surface area is 122 Å². The third-order valence-corrected chi connectivity index (χ3v) is 4.20. The van der Waals surface area contributed by atoms with Crippen LogP contribution in [0.1, 0.15) is 23.2 Å². The number of carbonyl (C=O) groups excluding carboxylic acids is 1. The van der Waals surface area contributed by atoms with E-state index in [0.29, 0.717) is 11.3 Å². The lowest BCUT2D eigenvalue weighted by atomic mass is 10.0. The molecule has 0 aliphatic carbocycles. The van der Waals surface area contributed by atoms with E-state index in [4.69, 9.17) is 5.73 Å². The summed E-state index contributed by atoms with van der Waals surface area (Å²) in [6, 6.07) is 5.68. The average molecular weight is 326 g/mol. The van der Waals surface area contributed by atoms with Gasteiger partial charge in [0.15, 0.2) is 0 Å². The first-order chi connectivity index (χ1) is 8.99. The highest BCUT2D eigenvalue weighted by Crippen LogP contribution is 2.22. The number of benzene rings is 1. The molecule has 1 fully saturated rings. The average Bonchev–Trinajstić information content (AvgIpc) is 2.37. The number of nitrogens with two attached hydrogens (primary N) is 1. The highest BCUT2D eigenvalue weighted by atomic mass is 79.9. The van der Waals surface area contributed by atoms with Crippen molar-refractivity contribution in [2.75, 3.05) is 32.9 Å². The van der Waals surface area contributed by atoms with E-state index >= 15 is 0 Å². The molecule has 1 unspecified atom stereocenters. The second-order valence-corrected chi connectivity index (χ2v) is 6.12. The molecule has 1 amide bonds. The minimum Gasteiger partial charge on any atom is -0.398 e. The minimum atomic E-state index is 0.00491. The summed E-state index contributed by atoms with van der Waals surface area (Å²) in [6.45, 7) is 2.04. The van der Waals surface area contributed by atoms with E-state index in [1.807, 2.05) is 18.0 Å². The fourth-order valence-electron chi connectivity index (χ4n) is 2.54. The summed E-state index contributed by atoms with van der Waals surface area (Å²) in [6.07, 6.45) is 2.19. The van der Waals surface area contributed by atoms with Crippen LogP contribution in [-0.4, -0.2) is 48.9 Å². The number of nitrogen functional groups attached to an aromatic ring is 1. The molecule has 1 atom stereocenters. The first kappa shape index (κ1) is 14.3. The van der Waals surface area contributed by atoms with Gasteiger partial charge in [0.05, 0.1) is 5.56 Å². The van der Waals surface area contributed by atoms with E-state index in [9.17, 15) is 4.79 Å². The maximum Gasteiger partial charge on any atom is 0.255 e. The zero-order valence-electron chi connectivity index (χ0n) is 11.4. The van der Waals surface area contributed by atoms with Crippen molar-refractivity contribution in [2.24, 2.45) is 0 Å². The summed E-state index contributed by atoms with van der Waals surface area (Å²) in [5.74, 6) is 0.00491. The molecule has 2 rings (SSSR count). The Morgan fingerprint density at radius 3 is 2.89 bits per heavy atom. The van der Waals surface area contributed by atoms with Crippen molar-refractivity contribution in [1.29, 1.82) is 0 Å². The summed E-state index contributed by atoms with van der Waals surface area (Å²) in [4.78, 5) is 16.6. The van der Waals surface area contributed by atoms with Crippen molar-refractivity contribution in [3.05, 3.63) is 28.2 Å². The van der Waals surface area contributed by atoms with Gasteiger partial charge in [0, 0.05) is 29.8 Å². The number of likely N-dealkylation sites (tertiary alicyclic amines) is 1. The molecule has 0 bridgehead atoms. The SMILES string of the molecule is CN1CCCC(N(C)C(=O)c2ccc(Br)cc2N)C1. The number of halogens is 1. The fourth-order valence-corrected chi connectivity index (χ4v) is 2.92. The molecule has 0 saturated carbocycles. The molecule has 5 heteroatoms. The Hall–Kier alpha value is -1.07. The Morgan fingerprint density at radius 2 is 2.26 bits per heavy atom. The van der Waals surface area contributed by atoms with Crippen LogP contribution in [0.25, 0.3) is 0 Å². The molecule has 19 heavy (non-hydrogen) atoms. The van der Waals surface area contributed by atoms with Gasteiger partial charge in [0.2, 0.25) is 0 Å². The van der Waals surface area contributed by atoms with Gasteiger partial charge in [-0.25, -0.2) is 0 Å². The van der Waals surface area contributed by atoms with Crippen molar-refractivity contribution in [3.8, 4) is 0 Å². The molecular formula is C14H20BrN3O. The smallest absolute Gasteiger partial charge is 0.255 e. The zero-order chi connectivity index (χ0) is 14.0.